The van der Waals surface area contributed by atoms with Crippen molar-refractivity contribution in [3.8, 4) is 11.3 Å². The van der Waals surface area contributed by atoms with Crippen molar-refractivity contribution in [3.63, 3.8) is 0 Å². The van der Waals surface area contributed by atoms with Crippen LogP contribution in [-0.2, 0) is 5.41 Å². The van der Waals surface area contributed by atoms with E-state index in [1.807, 2.05) is 20.8 Å². The van der Waals surface area contributed by atoms with E-state index >= 15 is 0 Å². The van der Waals surface area contributed by atoms with Gasteiger partial charge in [-0.15, -0.1) is 0 Å². The summed E-state index contributed by atoms with van der Waals surface area (Å²) in [4.78, 5) is 19.5. The Kier molecular flexibility index (Phi) is 3.94. The minimum atomic E-state index is -0.246. The lowest BCUT2D eigenvalue weighted by Crippen LogP contribution is -2.24. The van der Waals surface area contributed by atoms with Crippen LogP contribution in [0.15, 0.2) is 23.0 Å². The number of aromatic amines is 1. The van der Waals surface area contributed by atoms with E-state index in [4.69, 9.17) is 23.2 Å². The second kappa shape index (κ2) is 5.23. The minimum Gasteiger partial charge on any atom is -0.310 e. The average Bonchev–Trinajstić information content (AvgIpc) is 2.29. The van der Waals surface area contributed by atoms with Gasteiger partial charge in [-0.25, -0.2) is 4.98 Å². The molecule has 0 radical (unpaired) electrons. The van der Waals surface area contributed by atoms with Crippen LogP contribution in [0.2, 0.25) is 10.0 Å². The highest BCUT2D eigenvalue weighted by molar-refractivity contribution is 6.35. The predicted octanol–water partition coefficient (Wildman–Crippen LogP) is 4.35. The molecule has 5 heteroatoms. The zero-order valence-corrected chi connectivity index (χ0v) is 13.4. The number of benzene rings is 1. The zero-order chi connectivity index (χ0) is 15.1. The van der Waals surface area contributed by atoms with E-state index in [-0.39, 0.29) is 11.0 Å². The number of hydrogen-bond donors (Lipinski definition) is 1. The van der Waals surface area contributed by atoms with E-state index in [9.17, 15) is 4.79 Å². The fraction of sp³-hybridized carbons (Fsp3) is 0.333. The molecule has 0 unspecified atom stereocenters. The van der Waals surface area contributed by atoms with Gasteiger partial charge in [0.05, 0.1) is 5.69 Å². The largest absolute Gasteiger partial charge is 0.310 e. The molecular weight excluding hydrogens is 295 g/mol. The normalized spacial score (nSPS) is 11.7. The van der Waals surface area contributed by atoms with Crippen molar-refractivity contribution < 1.29 is 0 Å². The summed E-state index contributed by atoms with van der Waals surface area (Å²) in [6.07, 6.45) is 0. The molecule has 0 aliphatic rings. The van der Waals surface area contributed by atoms with Crippen LogP contribution < -0.4 is 5.56 Å². The van der Waals surface area contributed by atoms with Crippen molar-refractivity contribution in [3.05, 3.63) is 50.0 Å². The van der Waals surface area contributed by atoms with E-state index in [2.05, 4.69) is 9.97 Å². The number of rotatable bonds is 1. The van der Waals surface area contributed by atoms with Crippen molar-refractivity contribution in [2.75, 3.05) is 0 Å². The summed E-state index contributed by atoms with van der Waals surface area (Å²) >= 11 is 12.0. The lowest BCUT2D eigenvalue weighted by atomic mass is 9.95. The summed E-state index contributed by atoms with van der Waals surface area (Å²) in [7, 11) is 0. The average molecular weight is 311 g/mol. The van der Waals surface area contributed by atoms with E-state index in [1.165, 1.54) is 0 Å². The van der Waals surface area contributed by atoms with Gasteiger partial charge in [0.1, 0.15) is 5.82 Å². The number of nitrogens with zero attached hydrogens (tertiary/aromatic N) is 1. The number of nitrogens with one attached hydrogen (secondary N) is 1. The van der Waals surface area contributed by atoms with Gasteiger partial charge < -0.3 is 4.98 Å². The molecule has 0 aliphatic heterocycles. The van der Waals surface area contributed by atoms with Crippen LogP contribution >= 0.6 is 23.2 Å². The van der Waals surface area contributed by atoms with Gasteiger partial charge in [-0.05, 0) is 25.1 Å². The van der Waals surface area contributed by atoms with Crippen LogP contribution in [-0.4, -0.2) is 9.97 Å². The molecule has 0 spiro atoms. The van der Waals surface area contributed by atoms with Crippen molar-refractivity contribution >= 4 is 23.2 Å². The molecule has 0 aliphatic carbocycles. The maximum Gasteiger partial charge on any atom is 0.254 e. The van der Waals surface area contributed by atoms with Gasteiger partial charge in [0, 0.05) is 26.6 Å². The first-order chi connectivity index (χ1) is 9.18. The standard InChI is InChI=1S/C15H16Cl2N2O/c1-8-12(9-5-10(16)7-11(17)6-9)18-14(15(2,3)4)19-13(8)20/h5-7H,1-4H3,(H,18,19,20). The highest BCUT2D eigenvalue weighted by atomic mass is 35.5. The van der Waals surface area contributed by atoms with E-state index < -0.39 is 0 Å². The molecule has 0 amide bonds. The molecule has 3 nitrogen and oxygen atoms in total. The molecule has 20 heavy (non-hydrogen) atoms. The summed E-state index contributed by atoms with van der Waals surface area (Å²) in [6, 6.07) is 5.17. The Balaban J connectivity index is 2.73. The summed E-state index contributed by atoms with van der Waals surface area (Å²) < 4.78 is 0. The quantitative estimate of drug-likeness (QED) is 0.851. The van der Waals surface area contributed by atoms with Crippen LogP contribution in [0.1, 0.15) is 32.2 Å². The first-order valence-corrected chi connectivity index (χ1v) is 7.02. The maximum atomic E-state index is 12.1. The Morgan fingerprint density at radius 1 is 1.10 bits per heavy atom. The molecule has 1 heterocycles. The molecule has 1 aromatic carbocycles. The third-order valence-corrected chi connectivity index (χ3v) is 3.43. The Labute approximate surface area is 128 Å². The van der Waals surface area contributed by atoms with Crippen molar-refractivity contribution in [1.29, 1.82) is 0 Å². The van der Waals surface area contributed by atoms with Gasteiger partial charge >= 0.3 is 0 Å². The highest BCUT2D eigenvalue weighted by Gasteiger charge is 2.20. The number of H-pyrrole nitrogens is 1. The monoisotopic (exact) mass is 310 g/mol. The molecular formula is C15H16Cl2N2O. The lowest BCUT2D eigenvalue weighted by molar-refractivity contribution is 0.542. The smallest absolute Gasteiger partial charge is 0.254 e. The summed E-state index contributed by atoms with van der Waals surface area (Å²) in [5.41, 5.74) is 1.52. The molecule has 2 rings (SSSR count). The van der Waals surface area contributed by atoms with Crippen molar-refractivity contribution in [1.82, 2.24) is 9.97 Å². The fourth-order valence-corrected chi connectivity index (χ4v) is 2.39. The number of halogens is 2. The predicted molar refractivity (Wildman–Crippen MR) is 83.8 cm³/mol. The van der Waals surface area contributed by atoms with Gasteiger partial charge in [0.2, 0.25) is 0 Å². The van der Waals surface area contributed by atoms with E-state index in [0.29, 0.717) is 27.1 Å². The molecule has 2 aromatic rings. The maximum absolute atomic E-state index is 12.1. The second-order valence-corrected chi connectivity index (χ2v) is 6.67. The van der Waals surface area contributed by atoms with Gasteiger partial charge in [0.15, 0.2) is 0 Å². The molecule has 1 N–H and O–H groups in total. The van der Waals surface area contributed by atoms with Gasteiger partial charge in [-0.3, -0.25) is 4.79 Å². The third kappa shape index (κ3) is 3.05. The van der Waals surface area contributed by atoms with Gasteiger partial charge in [0.25, 0.3) is 5.56 Å². The van der Waals surface area contributed by atoms with Crippen molar-refractivity contribution in [2.45, 2.75) is 33.1 Å². The Morgan fingerprint density at radius 2 is 1.65 bits per heavy atom. The van der Waals surface area contributed by atoms with Gasteiger partial charge in [-0.2, -0.15) is 0 Å². The van der Waals surface area contributed by atoms with E-state index in [1.54, 1.807) is 25.1 Å². The second-order valence-electron chi connectivity index (χ2n) is 5.80. The van der Waals surface area contributed by atoms with E-state index in [0.717, 1.165) is 5.56 Å². The molecule has 0 saturated carbocycles. The minimum absolute atomic E-state index is 0.143. The molecule has 1 aromatic heterocycles. The van der Waals surface area contributed by atoms with Crippen molar-refractivity contribution in [2.24, 2.45) is 0 Å². The lowest BCUT2D eigenvalue weighted by Gasteiger charge is -2.19. The SMILES string of the molecule is Cc1c(-c2cc(Cl)cc(Cl)c2)nc(C(C)(C)C)[nH]c1=O. The molecule has 0 bridgehead atoms. The van der Waals surface area contributed by atoms with Crippen LogP contribution in [0.25, 0.3) is 11.3 Å². The Morgan fingerprint density at radius 3 is 2.15 bits per heavy atom. The van der Waals surface area contributed by atoms with Crippen LogP contribution in [0.3, 0.4) is 0 Å². The first kappa shape index (κ1) is 15.1. The van der Waals surface area contributed by atoms with Gasteiger partial charge in [-0.1, -0.05) is 44.0 Å². The molecule has 106 valence electrons. The van der Waals surface area contributed by atoms with Crippen LogP contribution in [0.5, 0.6) is 0 Å². The number of aromatic nitrogens is 2. The molecule has 0 atom stereocenters. The third-order valence-electron chi connectivity index (χ3n) is 3.00. The highest BCUT2D eigenvalue weighted by Crippen LogP contribution is 2.28. The van der Waals surface area contributed by atoms with Crippen LogP contribution in [0.4, 0.5) is 0 Å². The summed E-state index contributed by atoms with van der Waals surface area (Å²) in [5.74, 6) is 0.638. The van der Waals surface area contributed by atoms with Crippen LogP contribution in [0, 0.1) is 6.92 Å². The first-order valence-electron chi connectivity index (χ1n) is 6.26. The fourth-order valence-electron chi connectivity index (χ4n) is 1.86. The topological polar surface area (TPSA) is 45.8 Å². The zero-order valence-electron chi connectivity index (χ0n) is 11.8. The molecule has 0 saturated heterocycles. The Bertz CT molecular complexity index is 695. The summed E-state index contributed by atoms with van der Waals surface area (Å²) in [5, 5.41) is 1.04. The Hall–Kier alpha value is -1.32. The summed E-state index contributed by atoms with van der Waals surface area (Å²) in [6.45, 7) is 7.72. The number of hydrogen-bond acceptors (Lipinski definition) is 2. The molecule has 0 fully saturated rings.